The van der Waals surface area contributed by atoms with Gasteiger partial charge in [-0.25, -0.2) is 9.97 Å². The lowest BCUT2D eigenvalue weighted by Crippen LogP contribution is -2.22. The molecule has 3 aromatic heterocycles. The van der Waals surface area contributed by atoms with E-state index in [1.165, 1.54) is 0 Å². The number of nitrogens with two attached hydrogens (primary N) is 1. The van der Waals surface area contributed by atoms with E-state index < -0.39 is 8.07 Å². The number of fused-ring (bicyclic) bond motifs is 1. The molecule has 0 unspecified atom stereocenters. The second-order valence-corrected chi connectivity index (χ2v) is 13.4. The van der Waals surface area contributed by atoms with Crippen molar-refractivity contribution in [3.8, 4) is 11.5 Å². The first-order valence-electron chi connectivity index (χ1n) is 8.44. The molecule has 0 bridgehead atoms. The molecule has 26 heavy (non-hydrogen) atoms. The average Bonchev–Trinajstić information content (AvgIpc) is 2.90. The first-order chi connectivity index (χ1) is 12.3. The van der Waals surface area contributed by atoms with E-state index in [1.54, 1.807) is 30.6 Å². The third-order valence-corrected chi connectivity index (χ3v) is 5.88. The van der Waals surface area contributed by atoms with E-state index in [0.717, 1.165) is 23.7 Å². The number of aromatic nitrogens is 3. The van der Waals surface area contributed by atoms with Crippen LogP contribution in [0.1, 0.15) is 0 Å². The third-order valence-electron chi connectivity index (χ3n) is 3.89. The van der Waals surface area contributed by atoms with Gasteiger partial charge in [0.1, 0.15) is 29.7 Å². The van der Waals surface area contributed by atoms with Gasteiger partial charge in [0.05, 0.1) is 16.6 Å². The second kappa shape index (κ2) is 7.65. The van der Waals surface area contributed by atoms with E-state index in [4.69, 9.17) is 26.8 Å². The summed E-state index contributed by atoms with van der Waals surface area (Å²) in [5.74, 6) is 1.64. The Bertz CT molecular complexity index is 891. The molecule has 3 aromatic rings. The van der Waals surface area contributed by atoms with Crippen LogP contribution >= 0.6 is 11.6 Å². The highest BCUT2D eigenvalue weighted by Crippen LogP contribution is 2.35. The maximum absolute atomic E-state index is 6.43. The Hall–Kier alpha value is -2.09. The van der Waals surface area contributed by atoms with Crippen LogP contribution in [0, 0.1) is 0 Å². The predicted molar refractivity (Wildman–Crippen MR) is 108 cm³/mol. The molecular weight excluding hydrogens is 368 g/mol. The highest BCUT2D eigenvalue weighted by Gasteiger charge is 2.15. The highest BCUT2D eigenvalue weighted by atomic mass is 35.5. The van der Waals surface area contributed by atoms with Crippen LogP contribution in [0.4, 0.5) is 5.82 Å². The van der Waals surface area contributed by atoms with Crippen molar-refractivity contribution in [1.82, 2.24) is 14.5 Å². The van der Waals surface area contributed by atoms with E-state index in [9.17, 15) is 0 Å². The van der Waals surface area contributed by atoms with Crippen molar-refractivity contribution < 1.29 is 9.47 Å². The van der Waals surface area contributed by atoms with Crippen LogP contribution in [0.5, 0.6) is 11.5 Å². The van der Waals surface area contributed by atoms with Crippen LogP contribution < -0.4 is 10.5 Å². The minimum absolute atomic E-state index is 0.410. The van der Waals surface area contributed by atoms with Crippen LogP contribution in [-0.4, -0.2) is 29.2 Å². The number of rotatable bonds is 7. The monoisotopic (exact) mass is 390 g/mol. The van der Waals surface area contributed by atoms with Gasteiger partial charge in [-0.05, 0) is 24.2 Å². The summed E-state index contributed by atoms with van der Waals surface area (Å²) in [4.78, 5) is 8.47. The standard InChI is InChI=1S/C18H23ClN4O2Si/c1-26(2,3)9-8-24-12-23-11-14(19)17-15(6-7-21-18(17)23)25-13-4-5-16(20)22-10-13/h4-7,10-11H,8-9,12H2,1-3H3,(H2,20,22). The molecule has 3 rings (SSSR count). The smallest absolute Gasteiger partial charge is 0.147 e. The summed E-state index contributed by atoms with van der Waals surface area (Å²) >= 11 is 6.43. The molecule has 0 aliphatic rings. The fraction of sp³-hybridized carbons (Fsp3) is 0.333. The Balaban J connectivity index is 1.79. The molecule has 0 aromatic carbocycles. The minimum Gasteiger partial charge on any atom is -0.455 e. The maximum atomic E-state index is 6.43. The molecule has 0 aliphatic heterocycles. The van der Waals surface area contributed by atoms with Crippen molar-refractivity contribution in [3.63, 3.8) is 0 Å². The number of hydrogen-bond donors (Lipinski definition) is 1. The van der Waals surface area contributed by atoms with Crippen LogP contribution in [0.3, 0.4) is 0 Å². The van der Waals surface area contributed by atoms with Crippen molar-refractivity contribution in [2.75, 3.05) is 12.3 Å². The molecule has 2 N–H and O–H groups in total. The summed E-state index contributed by atoms with van der Waals surface area (Å²) in [5, 5.41) is 1.32. The quantitative estimate of drug-likeness (QED) is 0.464. The maximum Gasteiger partial charge on any atom is 0.147 e. The number of halogens is 1. The average molecular weight is 391 g/mol. The Morgan fingerprint density at radius 2 is 2.00 bits per heavy atom. The van der Waals surface area contributed by atoms with Crippen molar-refractivity contribution in [1.29, 1.82) is 0 Å². The minimum atomic E-state index is -1.11. The van der Waals surface area contributed by atoms with Gasteiger partial charge >= 0.3 is 0 Å². The van der Waals surface area contributed by atoms with Gasteiger partial charge in [0, 0.05) is 27.1 Å². The lowest BCUT2D eigenvalue weighted by Gasteiger charge is -2.15. The molecule has 6 nitrogen and oxygen atoms in total. The van der Waals surface area contributed by atoms with Crippen molar-refractivity contribution in [3.05, 3.63) is 41.8 Å². The number of pyridine rings is 2. The molecule has 8 heteroatoms. The van der Waals surface area contributed by atoms with Gasteiger partial charge in [0.15, 0.2) is 0 Å². The van der Waals surface area contributed by atoms with Crippen molar-refractivity contribution >= 4 is 36.5 Å². The van der Waals surface area contributed by atoms with Gasteiger partial charge in [0.2, 0.25) is 0 Å². The fourth-order valence-corrected chi connectivity index (χ4v) is 3.49. The first-order valence-corrected chi connectivity index (χ1v) is 12.5. The first kappa shape index (κ1) is 18.7. The Labute approximate surface area is 158 Å². The van der Waals surface area contributed by atoms with E-state index in [-0.39, 0.29) is 0 Å². The summed E-state index contributed by atoms with van der Waals surface area (Å²) in [6.07, 6.45) is 5.09. The SMILES string of the molecule is C[Si](C)(C)CCOCn1cc(Cl)c2c(Oc3ccc(N)nc3)ccnc21. The topological polar surface area (TPSA) is 75.2 Å². The zero-order chi connectivity index (χ0) is 18.7. The molecule has 0 saturated carbocycles. The van der Waals surface area contributed by atoms with E-state index in [0.29, 0.717) is 29.1 Å². The lowest BCUT2D eigenvalue weighted by molar-refractivity contribution is 0.0899. The van der Waals surface area contributed by atoms with Crippen LogP contribution in [0.25, 0.3) is 11.0 Å². The molecule has 0 fully saturated rings. The van der Waals surface area contributed by atoms with Gasteiger partial charge in [-0.2, -0.15) is 0 Å². The predicted octanol–water partition coefficient (Wildman–Crippen LogP) is 4.77. The third kappa shape index (κ3) is 4.54. The summed E-state index contributed by atoms with van der Waals surface area (Å²) < 4.78 is 13.6. The molecule has 0 saturated heterocycles. The normalized spacial score (nSPS) is 11.8. The van der Waals surface area contributed by atoms with E-state index in [2.05, 4.69) is 29.6 Å². The second-order valence-electron chi connectivity index (χ2n) is 7.32. The molecule has 0 radical (unpaired) electrons. The molecular formula is C18H23ClN4O2Si. The van der Waals surface area contributed by atoms with Crippen molar-refractivity contribution in [2.24, 2.45) is 0 Å². The zero-order valence-electron chi connectivity index (χ0n) is 15.2. The van der Waals surface area contributed by atoms with Gasteiger partial charge in [0.25, 0.3) is 0 Å². The Morgan fingerprint density at radius 3 is 2.69 bits per heavy atom. The summed E-state index contributed by atoms with van der Waals surface area (Å²) in [6, 6.07) is 6.35. The van der Waals surface area contributed by atoms with Crippen molar-refractivity contribution in [2.45, 2.75) is 32.4 Å². The molecule has 0 spiro atoms. The highest BCUT2D eigenvalue weighted by molar-refractivity contribution is 6.76. The number of anilines is 1. The fourth-order valence-electron chi connectivity index (χ4n) is 2.44. The summed E-state index contributed by atoms with van der Waals surface area (Å²) in [6.45, 7) is 8.13. The van der Waals surface area contributed by atoms with E-state index >= 15 is 0 Å². The van der Waals surface area contributed by atoms with Gasteiger partial charge < -0.3 is 19.8 Å². The Morgan fingerprint density at radius 1 is 1.19 bits per heavy atom. The van der Waals surface area contributed by atoms with Crippen LogP contribution in [0.15, 0.2) is 36.8 Å². The zero-order valence-corrected chi connectivity index (χ0v) is 17.0. The molecule has 0 amide bonds. The van der Waals surface area contributed by atoms with Crippen LogP contribution in [0.2, 0.25) is 30.7 Å². The van der Waals surface area contributed by atoms with Gasteiger partial charge in [-0.1, -0.05) is 31.2 Å². The van der Waals surface area contributed by atoms with Gasteiger partial charge in [-0.3, -0.25) is 0 Å². The number of nitrogen functional groups attached to an aromatic ring is 1. The molecule has 0 atom stereocenters. The molecule has 0 aliphatic carbocycles. The van der Waals surface area contributed by atoms with E-state index in [1.807, 2.05) is 10.8 Å². The largest absolute Gasteiger partial charge is 0.455 e. The summed E-state index contributed by atoms with van der Waals surface area (Å²) in [7, 11) is -1.11. The number of nitrogens with zero attached hydrogens (tertiary/aromatic N) is 3. The van der Waals surface area contributed by atoms with Crippen LogP contribution in [-0.2, 0) is 11.5 Å². The molecule has 3 heterocycles. The number of ether oxygens (including phenoxy) is 2. The number of hydrogen-bond acceptors (Lipinski definition) is 5. The lowest BCUT2D eigenvalue weighted by atomic mass is 10.3. The van der Waals surface area contributed by atoms with Gasteiger partial charge in [-0.15, -0.1) is 0 Å². The molecule has 138 valence electrons. The Kier molecular flexibility index (Phi) is 5.50. The summed E-state index contributed by atoms with van der Waals surface area (Å²) in [5.41, 5.74) is 6.34.